The zero-order valence-electron chi connectivity index (χ0n) is 24.8. The Bertz CT molecular complexity index is 1030. The molecule has 0 spiro atoms. The van der Waals surface area contributed by atoms with Gasteiger partial charge in [-0.3, -0.25) is 9.98 Å². The molecule has 0 aliphatic heterocycles. The molecule has 2 aromatic rings. The van der Waals surface area contributed by atoms with Crippen LogP contribution in [-0.2, 0) is 19.3 Å². The summed E-state index contributed by atoms with van der Waals surface area (Å²) in [4.78, 5) is 9.91. The van der Waals surface area contributed by atoms with Crippen LogP contribution in [0.15, 0.2) is 52.4 Å². The Hall–Kier alpha value is -2.66. The van der Waals surface area contributed by atoms with Gasteiger partial charge in [-0.25, -0.2) is 0 Å². The summed E-state index contributed by atoms with van der Waals surface area (Å²) in [6.07, 6.45) is 21.0. The Balaban J connectivity index is 1.95. The monoisotopic (exact) mass is 512 g/mol. The Morgan fingerprint density at radius 1 is 0.684 bits per heavy atom. The predicted molar refractivity (Wildman–Crippen MR) is 170 cm³/mol. The largest absolute Gasteiger partial charge is 0.255 e. The SMILES string of the molecule is CCCCCCCCCCC#CCCc1ccccc1N=C(C=Nc1ccc(CC)c(CC)c1)CCCC. The van der Waals surface area contributed by atoms with Crippen molar-refractivity contribution in [1.29, 1.82) is 0 Å². The average molecular weight is 513 g/mol. The lowest BCUT2D eigenvalue weighted by Crippen LogP contribution is -2.00. The fourth-order valence-electron chi connectivity index (χ4n) is 4.73. The second kappa shape index (κ2) is 20.3. The van der Waals surface area contributed by atoms with Gasteiger partial charge in [-0.15, -0.1) is 11.8 Å². The van der Waals surface area contributed by atoms with Gasteiger partial charge in [0.1, 0.15) is 0 Å². The molecule has 0 saturated heterocycles. The summed E-state index contributed by atoms with van der Waals surface area (Å²) in [5, 5.41) is 0. The van der Waals surface area contributed by atoms with E-state index in [1.54, 1.807) is 0 Å². The van der Waals surface area contributed by atoms with Crippen LogP contribution in [0.2, 0.25) is 0 Å². The Kier molecular flexibility index (Phi) is 16.9. The van der Waals surface area contributed by atoms with Crippen LogP contribution in [0.4, 0.5) is 11.4 Å². The van der Waals surface area contributed by atoms with Gasteiger partial charge in [0.25, 0.3) is 0 Å². The zero-order valence-corrected chi connectivity index (χ0v) is 24.8. The number of benzene rings is 2. The third-order valence-corrected chi connectivity index (χ3v) is 7.16. The molecule has 2 heteroatoms. The van der Waals surface area contributed by atoms with E-state index in [1.807, 2.05) is 6.21 Å². The molecule has 0 saturated carbocycles. The van der Waals surface area contributed by atoms with Gasteiger partial charge in [0.15, 0.2) is 0 Å². The Labute approximate surface area is 234 Å². The first kappa shape index (κ1) is 31.6. The molecular weight excluding hydrogens is 460 g/mol. The minimum atomic E-state index is 0.894. The maximum atomic E-state index is 5.08. The van der Waals surface area contributed by atoms with Gasteiger partial charge in [-0.1, -0.05) is 103 Å². The summed E-state index contributed by atoms with van der Waals surface area (Å²) in [6, 6.07) is 15.1. The summed E-state index contributed by atoms with van der Waals surface area (Å²) >= 11 is 0. The number of rotatable bonds is 18. The van der Waals surface area contributed by atoms with Crippen molar-refractivity contribution < 1.29 is 0 Å². The molecule has 0 radical (unpaired) electrons. The van der Waals surface area contributed by atoms with Crippen LogP contribution in [0, 0.1) is 11.8 Å². The number of nitrogens with zero attached hydrogens (tertiary/aromatic N) is 2. The molecule has 0 heterocycles. The first-order valence-electron chi connectivity index (χ1n) is 15.5. The number of hydrogen-bond donors (Lipinski definition) is 0. The van der Waals surface area contributed by atoms with Crippen LogP contribution in [0.25, 0.3) is 0 Å². The molecule has 0 aliphatic rings. The molecule has 2 rings (SSSR count). The minimum absolute atomic E-state index is 0.894. The Morgan fingerprint density at radius 2 is 1.37 bits per heavy atom. The summed E-state index contributed by atoms with van der Waals surface area (Å²) in [5.41, 5.74) is 7.22. The smallest absolute Gasteiger partial charge is 0.0665 e. The molecule has 0 N–H and O–H groups in total. The van der Waals surface area contributed by atoms with Crippen molar-refractivity contribution in [1.82, 2.24) is 0 Å². The molecule has 0 bridgehead atoms. The van der Waals surface area contributed by atoms with E-state index in [0.29, 0.717) is 0 Å². The molecule has 0 amide bonds. The second-order valence-electron chi connectivity index (χ2n) is 10.3. The highest BCUT2D eigenvalue weighted by molar-refractivity contribution is 6.31. The lowest BCUT2D eigenvalue weighted by atomic mass is 10.0. The molecule has 0 aliphatic carbocycles. The molecule has 0 fully saturated rings. The quantitative estimate of drug-likeness (QED) is 0.108. The number of aryl methyl sites for hydroxylation is 3. The van der Waals surface area contributed by atoms with Crippen molar-refractivity contribution in [3.05, 3.63) is 59.2 Å². The second-order valence-corrected chi connectivity index (χ2v) is 10.3. The van der Waals surface area contributed by atoms with Crippen LogP contribution in [0.1, 0.15) is 128 Å². The maximum Gasteiger partial charge on any atom is 0.0665 e. The Morgan fingerprint density at radius 3 is 2.11 bits per heavy atom. The highest BCUT2D eigenvalue weighted by Gasteiger charge is 2.04. The van der Waals surface area contributed by atoms with Gasteiger partial charge in [-0.05, 0) is 73.4 Å². The van der Waals surface area contributed by atoms with E-state index in [-0.39, 0.29) is 0 Å². The van der Waals surface area contributed by atoms with Gasteiger partial charge < -0.3 is 0 Å². The number of unbranched alkanes of at least 4 members (excludes halogenated alkanes) is 9. The first-order chi connectivity index (χ1) is 18.7. The van der Waals surface area contributed by atoms with Crippen molar-refractivity contribution >= 4 is 23.3 Å². The third-order valence-electron chi connectivity index (χ3n) is 7.16. The number of para-hydroxylation sites is 1. The number of hydrogen-bond acceptors (Lipinski definition) is 2. The van der Waals surface area contributed by atoms with E-state index in [2.05, 4.69) is 82.0 Å². The van der Waals surface area contributed by atoms with Crippen molar-refractivity contribution in [2.45, 2.75) is 130 Å². The molecule has 206 valence electrons. The lowest BCUT2D eigenvalue weighted by molar-refractivity contribution is 0.579. The highest BCUT2D eigenvalue weighted by atomic mass is 14.8. The van der Waals surface area contributed by atoms with Crippen LogP contribution >= 0.6 is 0 Å². The summed E-state index contributed by atoms with van der Waals surface area (Å²) in [5.74, 6) is 6.81. The molecule has 0 atom stereocenters. The van der Waals surface area contributed by atoms with Gasteiger partial charge in [0.05, 0.1) is 17.1 Å². The predicted octanol–water partition coefficient (Wildman–Crippen LogP) is 10.9. The van der Waals surface area contributed by atoms with Crippen LogP contribution in [0.3, 0.4) is 0 Å². The van der Waals surface area contributed by atoms with Crippen molar-refractivity contribution in [2.75, 3.05) is 0 Å². The first-order valence-corrected chi connectivity index (χ1v) is 15.5. The minimum Gasteiger partial charge on any atom is -0.255 e. The average Bonchev–Trinajstić information content (AvgIpc) is 2.95. The number of aliphatic imine (C=N–C) groups is 2. The molecule has 2 aromatic carbocycles. The third kappa shape index (κ3) is 12.7. The van der Waals surface area contributed by atoms with E-state index in [0.717, 1.165) is 68.5 Å². The molecular formula is C36H52N2. The van der Waals surface area contributed by atoms with E-state index < -0.39 is 0 Å². The van der Waals surface area contributed by atoms with E-state index >= 15 is 0 Å². The summed E-state index contributed by atoms with van der Waals surface area (Å²) in [7, 11) is 0. The van der Waals surface area contributed by atoms with Crippen LogP contribution < -0.4 is 0 Å². The lowest BCUT2D eigenvalue weighted by Gasteiger charge is -2.07. The van der Waals surface area contributed by atoms with E-state index in [9.17, 15) is 0 Å². The van der Waals surface area contributed by atoms with Crippen LogP contribution in [0.5, 0.6) is 0 Å². The zero-order chi connectivity index (χ0) is 27.3. The molecule has 2 nitrogen and oxygen atoms in total. The van der Waals surface area contributed by atoms with Gasteiger partial charge in [-0.2, -0.15) is 0 Å². The molecule has 0 aromatic heterocycles. The van der Waals surface area contributed by atoms with Gasteiger partial charge >= 0.3 is 0 Å². The molecule has 0 unspecified atom stereocenters. The summed E-state index contributed by atoms with van der Waals surface area (Å²) < 4.78 is 0. The van der Waals surface area contributed by atoms with Crippen molar-refractivity contribution in [3.8, 4) is 11.8 Å². The van der Waals surface area contributed by atoms with Crippen LogP contribution in [-0.4, -0.2) is 11.9 Å². The van der Waals surface area contributed by atoms with Crippen molar-refractivity contribution in [2.24, 2.45) is 9.98 Å². The van der Waals surface area contributed by atoms with Gasteiger partial charge in [0.2, 0.25) is 0 Å². The van der Waals surface area contributed by atoms with Crippen molar-refractivity contribution in [3.63, 3.8) is 0 Å². The standard InChI is InChI=1S/C36H52N2/c1-5-9-11-12-13-14-15-16-17-18-19-20-23-33-24-21-22-26-36(33)38-35(25-10-6-2)30-37-34-28-27-31(7-3)32(8-4)29-34/h21-22,24,26-30H,5-17,20,23,25H2,1-4H3. The van der Waals surface area contributed by atoms with E-state index in [4.69, 9.17) is 9.98 Å². The fraction of sp³-hybridized carbons (Fsp3) is 0.556. The maximum absolute atomic E-state index is 5.08. The highest BCUT2D eigenvalue weighted by Crippen LogP contribution is 2.22. The molecule has 38 heavy (non-hydrogen) atoms. The van der Waals surface area contributed by atoms with Gasteiger partial charge in [0, 0.05) is 19.1 Å². The fourth-order valence-corrected chi connectivity index (χ4v) is 4.73. The topological polar surface area (TPSA) is 24.7 Å². The summed E-state index contributed by atoms with van der Waals surface area (Å²) in [6.45, 7) is 8.94. The van der Waals surface area contributed by atoms with E-state index in [1.165, 1.54) is 68.1 Å². The normalized spacial score (nSPS) is 11.6.